The van der Waals surface area contributed by atoms with E-state index >= 15 is 0 Å². The summed E-state index contributed by atoms with van der Waals surface area (Å²) in [6.07, 6.45) is 1.79. The zero-order chi connectivity index (χ0) is 12.8. The maximum Gasteiger partial charge on any atom is 0.134 e. The van der Waals surface area contributed by atoms with Gasteiger partial charge >= 0.3 is 0 Å². The van der Waals surface area contributed by atoms with Crippen LogP contribution in [-0.2, 0) is 4.74 Å². The molecule has 0 aliphatic carbocycles. The smallest absolute Gasteiger partial charge is 0.134 e. The number of aromatic nitrogens is 1. The van der Waals surface area contributed by atoms with Crippen LogP contribution in [0, 0.1) is 0 Å². The number of benzene rings is 1. The van der Waals surface area contributed by atoms with Crippen LogP contribution in [0.25, 0.3) is 10.9 Å². The monoisotopic (exact) mass is 246 g/mol. The van der Waals surface area contributed by atoms with Gasteiger partial charge in [0, 0.05) is 31.3 Å². The van der Waals surface area contributed by atoms with Gasteiger partial charge in [0.05, 0.1) is 12.1 Å². The summed E-state index contributed by atoms with van der Waals surface area (Å²) in [5.74, 6) is 0.818. The number of nitrogens with one attached hydrogen (secondary N) is 1. The number of hydrogen-bond donors (Lipinski definition) is 1. The second kappa shape index (κ2) is 6.33. The van der Waals surface area contributed by atoms with Gasteiger partial charge in [-0.1, -0.05) is 6.07 Å². The van der Waals surface area contributed by atoms with Gasteiger partial charge in [-0.3, -0.25) is 4.98 Å². The molecule has 0 radical (unpaired) electrons. The van der Waals surface area contributed by atoms with Crippen molar-refractivity contribution in [3.8, 4) is 5.75 Å². The first kappa shape index (κ1) is 12.8. The van der Waals surface area contributed by atoms with E-state index in [-0.39, 0.29) is 6.10 Å². The molecule has 0 saturated heterocycles. The second-order valence-corrected chi connectivity index (χ2v) is 4.11. The Balaban J connectivity index is 2.14. The fourth-order valence-electron chi connectivity index (χ4n) is 1.86. The SMILES string of the molecule is CNCC(COC)Oc1ccc2cccnc2c1. The third-order valence-electron chi connectivity index (χ3n) is 2.66. The highest BCUT2D eigenvalue weighted by Crippen LogP contribution is 2.19. The highest BCUT2D eigenvalue weighted by atomic mass is 16.5. The maximum absolute atomic E-state index is 5.88. The lowest BCUT2D eigenvalue weighted by Crippen LogP contribution is -2.33. The van der Waals surface area contributed by atoms with Crippen molar-refractivity contribution in [1.29, 1.82) is 0 Å². The predicted octanol–water partition coefficient (Wildman–Crippen LogP) is 1.85. The fourth-order valence-corrected chi connectivity index (χ4v) is 1.86. The maximum atomic E-state index is 5.88. The second-order valence-electron chi connectivity index (χ2n) is 4.11. The number of likely N-dealkylation sites (N-methyl/N-ethyl adjacent to an activating group) is 1. The molecule has 0 bridgehead atoms. The molecule has 4 heteroatoms. The Hall–Kier alpha value is -1.65. The average Bonchev–Trinajstić information content (AvgIpc) is 2.39. The summed E-state index contributed by atoms with van der Waals surface area (Å²) in [7, 11) is 3.57. The van der Waals surface area contributed by atoms with Gasteiger partial charge < -0.3 is 14.8 Å². The summed E-state index contributed by atoms with van der Waals surface area (Å²) in [4.78, 5) is 4.31. The third kappa shape index (κ3) is 3.18. The molecular formula is C14H18N2O2. The molecule has 1 atom stereocenters. The van der Waals surface area contributed by atoms with E-state index in [1.54, 1.807) is 13.3 Å². The Morgan fingerprint density at radius 3 is 3.00 bits per heavy atom. The van der Waals surface area contributed by atoms with E-state index in [1.165, 1.54) is 0 Å². The van der Waals surface area contributed by atoms with Crippen molar-refractivity contribution in [2.45, 2.75) is 6.10 Å². The number of rotatable bonds is 6. The first-order valence-electron chi connectivity index (χ1n) is 5.98. The third-order valence-corrected chi connectivity index (χ3v) is 2.66. The number of hydrogen-bond acceptors (Lipinski definition) is 4. The summed E-state index contributed by atoms with van der Waals surface area (Å²) in [6.45, 7) is 1.30. The Morgan fingerprint density at radius 2 is 2.22 bits per heavy atom. The van der Waals surface area contributed by atoms with Crippen LogP contribution in [0.5, 0.6) is 5.75 Å². The molecule has 0 saturated carbocycles. The van der Waals surface area contributed by atoms with Crippen LogP contribution < -0.4 is 10.1 Å². The first-order valence-corrected chi connectivity index (χ1v) is 5.98. The van der Waals surface area contributed by atoms with Crippen molar-refractivity contribution in [3.63, 3.8) is 0 Å². The van der Waals surface area contributed by atoms with Gasteiger partial charge in [-0.05, 0) is 25.2 Å². The van der Waals surface area contributed by atoms with Gasteiger partial charge in [-0.25, -0.2) is 0 Å². The largest absolute Gasteiger partial charge is 0.487 e. The van der Waals surface area contributed by atoms with Crippen LogP contribution in [-0.4, -0.2) is 38.4 Å². The van der Waals surface area contributed by atoms with E-state index in [0.717, 1.165) is 23.2 Å². The average molecular weight is 246 g/mol. The van der Waals surface area contributed by atoms with Crippen molar-refractivity contribution in [1.82, 2.24) is 10.3 Å². The molecule has 0 aliphatic rings. The lowest BCUT2D eigenvalue weighted by molar-refractivity contribution is 0.0819. The minimum absolute atomic E-state index is 0.00108. The lowest BCUT2D eigenvalue weighted by atomic mass is 10.2. The lowest BCUT2D eigenvalue weighted by Gasteiger charge is -2.18. The molecule has 1 unspecified atom stereocenters. The molecule has 1 N–H and O–H groups in total. The van der Waals surface area contributed by atoms with Crippen LogP contribution in [0.15, 0.2) is 36.5 Å². The molecule has 0 aliphatic heterocycles. The Labute approximate surface area is 107 Å². The molecule has 1 aromatic heterocycles. The van der Waals surface area contributed by atoms with Crippen molar-refractivity contribution in [2.75, 3.05) is 27.3 Å². The standard InChI is InChI=1S/C14H18N2O2/c1-15-9-13(10-17-2)18-12-6-5-11-4-3-7-16-14(11)8-12/h3-8,13,15H,9-10H2,1-2H3. The molecule has 1 heterocycles. The Morgan fingerprint density at radius 1 is 1.33 bits per heavy atom. The Kier molecular flexibility index (Phi) is 4.50. The highest BCUT2D eigenvalue weighted by Gasteiger charge is 2.09. The van der Waals surface area contributed by atoms with Gasteiger partial charge in [0.1, 0.15) is 11.9 Å². The molecule has 1 aromatic carbocycles. The number of ether oxygens (including phenoxy) is 2. The van der Waals surface area contributed by atoms with Crippen LogP contribution in [0.4, 0.5) is 0 Å². The van der Waals surface area contributed by atoms with E-state index in [1.807, 2.05) is 37.4 Å². The minimum atomic E-state index is 0.00108. The number of nitrogens with zero attached hydrogens (tertiary/aromatic N) is 1. The van der Waals surface area contributed by atoms with Crippen molar-refractivity contribution in [2.24, 2.45) is 0 Å². The quantitative estimate of drug-likeness (QED) is 0.844. The topological polar surface area (TPSA) is 43.4 Å². The molecule has 2 aromatic rings. The highest BCUT2D eigenvalue weighted by molar-refractivity contribution is 5.79. The molecule has 4 nitrogen and oxygen atoms in total. The van der Waals surface area contributed by atoms with Crippen LogP contribution in [0.3, 0.4) is 0 Å². The van der Waals surface area contributed by atoms with Crippen LogP contribution in [0.2, 0.25) is 0 Å². The van der Waals surface area contributed by atoms with Crippen LogP contribution in [0.1, 0.15) is 0 Å². The number of pyridine rings is 1. The first-order chi connectivity index (χ1) is 8.83. The normalized spacial score (nSPS) is 12.6. The molecule has 96 valence electrons. The van der Waals surface area contributed by atoms with Gasteiger partial charge in [0.15, 0.2) is 0 Å². The summed E-state index contributed by atoms with van der Waals surface area (Å²) >= 11 is 0. The molecule has 0 amide bonds. The summed E-state index contributed by atoms with van der Waals surface area (Å²) in [5.41, 5.74) is 0.940. The van der Waals surface area contributed by atoms with E-state index < -0.39 is 0 Å². The molecule has 0 fully saturated rings. The zero-order valence-electron chi connectivity index (χ0n) is 10.7. The molecule has 2 rings (SSSR count). The minimum Gasteiger partial charge on any atom is -0.487 e. The summed E-state index contributed by atoms with van der Waals surface area (Å²) < 4.78 is 11.0. The van der Waals surface area contributed by atoms with E-state index in [2.05, 4.69) is 10.3 Å². The van der Waals surface area contributed by atoms with Gasteiger partial charge in [0.2, 0.25) is 0 Å². The van der Waals surface area contributed by atoms with Gasteiger partial charge in [-0.2, -0.15) is 0 Å². The van der Waals surface area contributed by atoms with Gasteiger partial charge in [-0.15, -0.1) is 0 Å². The zero-order valence-corrected chi connectivity index (χ0v) is 10.7. The summed E-state index contributed by atoms with van der Waals surface area (Å²) in [5, 5.41) is 4.20. The number of fused-ring (bicyclic) bond motifs is 1. The molecular weight excluding hydrogens is 228 g/mol. The molecule has 18 heavy (non-hydrogen) atoms. The van der Waals surface area contributed by atoms with E-state index in [0.29, 0.717) is 6.61 Å². The van der Waals surface area contributed by atoms with Gasteiger partial charge in [0.25, 0.3) is 0 Å². The van der Waals surface area contributed by atoms with Crippen molar-refractivity contribution < 1.29 is 9.47 Å². The molecule has 0 spiro atoms. The van der Waals surface area contributed by atoms with Crippen LogP contribution >= 0.6 is 0 Å². The van der Waals surface area contributed by atoms with Crippen molar-refractivity contribution in [3.05, 3.63) is 36.5 Å². The van der Waals surface area contributed by atoms with E-state index in [9.17, 15) is 0 Å². The predicted molar refractivity (Wildman–Crippen MR) is 72.0 cm³/mol. The summed E-state index contributed by atoms with van der Waals surface area (Å²) in [6, 6.07) is 9.89. The number of methoxy groups -OCH3 is 1. The Bertz CT molecular complexity index is 496. The van der Waals surface area contributed by atoms with Crippen molar-refractivity contribution >= 4 is 10.9 Å². The fraction of sp³-hybridized carbons (Fsp3) is 0.357. The van der Waals surface area contributed by atoms with E-state index in [4.69, 9.17) is 9.47 Å².